The lowest BCUT2D eigenvalue weighted by Crippen LogP contribution is -2.39. The van der Waals surface area contributed by atoms with E-state index in [9.17, 15) is 8.42 Å². The van der Waals surface area contributed by atoms with Crippen LogP contribution in [0.2, 0.25) is 0 Å². The van der Waals surface area contributed by atoms with Crippen LogP contribution in [0.4, 0.5) is 0 Å². The van der Waals surface area contributed by atoms with Crippen molar-refractivity contribution in [1.29, 1.82) is 0 Å². The maximum absolute atomic E-state index is 12.8. The second-order valence-corrected chi connectivity index (χ2v) is 8.82. The van der Waals surface area contributed by atoms with Crippen molar-refractivity contribution in [2.45, 2.75) is 23.7 Å². The van der Waals surface area contributed by atoms with Crippen LogP contribution in [0.1, 0.15) is 24.7 Å². The molecule has 1 aliphatic rings. The fourth-order valence-corrected chi connectivity index (χ4v) is 5.19. The van der Waals surface area contributed by atoms with Gasteiger partial charge in [-0.2, -0.15) is 4.31 Å². The summed E-state index contributed by atoms with van der Waals surface area (Å²) in [7, 11) is -3.49. The molecule has 1 atom stereocenters. The summed E-state index contributed by atoms with van der Waals surface area (Å²) in [5, 5.41) is 10.2. The largest absolute Gasteiger partial charge is 0.420 e. The third-order valence-corrected chi connectivity index (χ3v) is 7.02. The summed E-state index contributed by atoms with van der Waals surface area (Å²) in [6, 6.07) is 12.4. The van der Waals surface area contributed by atoms with E-state index in [1.165, 1.54) is 15.6 Å². The SMILES string of the molecule is O=S(=O)(c1ccccc1)N1CCC[C@@H](c2nnc(-c3cccs3)o2)C1. The molecule has 0 unspecified atom stereocenters. The fraction of sp³-hybridized carbons (Fsp3) is 0.294. The number of sulfonamides is 1. The van der Waals surface area contributed by atoms with Gasteiger partial charge < -0.3 is 4.42 Å². The van der Waals surface area contributed by atoms with Crippen molar-refractivity contribution in [3.63, 3.8) is 0 Å². The molecule has 0 saturated carbocycles. The minimum atomic E-state index is -3.49. The molecular formula is C17H17N3O3S2. The van der Waals surface area contributed by atoms with Crippen LogP contribution in [0.5, 0.6) is 0 Å². The van der Waals surface area contributed by atoms with Crippen molar-refractivity contribution in [2.24, 2.45) is 0 Å². The van der Waals surface area contributed by atoms with Gasteiger partial charge in [0.1, 0.15) is 0 Å². The summed E-state index contributed by atoms with van der Waals surface area (Å²) in [6.45, 7) is 0.878. The monoisotopic (exact) mass is 375 g/mol. The molecule has 0 aliphatic carbocycles. The first-order valence-corrected chi connectivity index (χ1v) is 10.4. The predicted octanol–water partition coefficient (Wildman–Crippen LogP) is 3.37. The molecule has 0 spiro atoms. The second-order valence-electron chi connectivity index (χ2n) is 5.94. The summed E-state index contributed by atoms with van der Waals surface area (Å²) in [5.74, 6) is 0.929. The van der Waals surface area contributed by atoms with Gasteiger partial charge in [0.2, 0.25) is 15.9 Å². The van der Waals surface area contributed by atoms with Crippen molar-refractivity contribution in [2.75, 3.05) is 13.1 Å². The van der Waals surface area contributed by atoms with E-state index in [4.69, 9.17) is 4.42 Å². The van der Waals surface area contributed by atoms with E-state index in [1.807, 2.05) is 23.6 Å². The molecule has 25 heavy (non-hydrogen) atoms. The highest BCUT2D eigenvalue weighted by Gasteiger charge is 2.33. The second kappa shape index (κ2) is 6.70. The van der Waals surface area contributed by atoms with Gasteiger partial charge in [-0.05, 0) is 36.4 Å². The van der Waals surface area contributed by atoms with E-state index in [1.54, 1.807) is 24.3 Å². The normalized spacial score (nSPS) is 19.1. The quantitative estimate of drug-likeness (QED) is 0.699. The molecule has 1 saturated heterocycles. The van der Waals surface area contributed by atoms with Gasteiger partial charge in [0.05, 0.1) is 15.7 Å². The van der Waals surface area contributed by atoms with Crippen LogP contribution >= 0.6 is 11.3 Å². The lowest BCUT2D eigenvalue weighted by atomic mass is 10.00. The van der Waals surface area contributed by atoms with Crippen LogP contribution in [0.25, 0.3) is 10.8 Å². The van der Waals surface area contributed by atoms with Crippen molar-refractivity contribution in [3.05, 3.63) is 53.7 Å². The van der Waals surface area contributed by atoms with E-state index in [-0.39, 0.29) is 5.92 Å². The molecule has 6 nitrogen and oxygen atoms in total. The molecule has 1 fully saturated rings. The standard InChI is InChI=1S/C17H17N3O3S2/c21-25(22,14-7-2-1-3-8-14)20-10-4-6-13(12-20)16-18-19-17(23-16)15-9-5-11-24-15/h1-3,5,7-9,11,13H,4,6,10,12H2/t13-/m1/s1. The number of rotatable bonds is 4. The predicted molar refractivity (Wildman–Crippen MR) is 94.8 cm³/mol. The Labute approximate surface area is 150 Å². The van der Waals surface area contributed by atoms with E-state index < -0.39 is 10.0 Å². The van der Waals surface area contributed by atoms with Gasteiger partial charge in [0.25, 0.3) is 5.89 Å². The Morgan fingerprint density at radius 3 is 2.72 bits per heavy atom. The molecule has 0 amide bonds. The zero-order chi connectivity index (χ0) is 17.3. The zero-order valence-electron chi connectivity index (χ0n) is 13.4. The highest BCUT2D eigenvalue weighted by Crippen LogP contribution is 2.32. The maximum Gasteiger partial charge on any atom is 0.257 e. The Morgan fingerprint density at radius 1 is 1.12 bits per heavy atom. The summed E-state index contributed by atoms with van der Waals surface area (Å²) >= 11 is 1.54. The first-order valence-electron chi connectivity index (χ1n) is 8.07. The molecular weight excluding hydrogens is 358 g/mol. The maximum atomic E-state index is 12.8. The summed E-state index contributed by atoms with van der Waals surface area (Å²) in [6.07, 6.45) is 1.61. The first kappa shape index (κ1) is 16.4. The van der Waals surface area contributed by atoms with Crippen LogP contribution < -0.4 is 0 Å². The molecule has 8 heteroatoms. The van der Waals surface area contributed by atoms with Crippen molar-refractivity contribution in [1.82, 2.24) is 14.5 Å². The third-order valence-electron chi connectivity index (χ3n) is 4.29. The highest BCUT2D eigenvalue weighted by atomic mass is 32.2. The van der Waals surface area contributed by atoms with Gasteiger partial charge >= 0.3 is 0 Å². The number of piperidine rings is 1. The molecule has 0 radical (unpaired) electrons. The molecule has 2 aromatic heterocycles. The van der Waals surface area contributed by atoms with E-state index in [2.05, 4.69) is 10.2 Å². The Morgan fingerprint density at radius 2 is 1.96 bits per heavy atom. The topological polar surface area (TPSA) is 76.3 Å². The fourth-order valence-electron chi connectivity index (χ4n) is 3.00. The minimum Gasteiger partial charge on any atom is -0.420 e. The van der Waals surface area contributed by atoms with Gasteiger partial charge in [-0.15, -0.1) is 21.5 Å². The smallest absolute Gasteiger partial charge is 0.257 e. The lowest BCUT2D eigenvalue weighted by molar-refractivity contribution is 0.286. The Bertz CT molecular complexity index is 937. The molecule has 3 heterocycles. The summed E-state index contributed by atoms with van der Waals surface area (Å²) in [4.78, 5) is 1.24. The number of hydrogen-bond acceptors (Lipinski definition) is 6. The number of aromatic nitrogens is 2. The van der Waals surface area contributed by atoms with Crippen LogP contribution in [-0.2, 0) is 10.0 Å². The van der Waals surface area contributed by atoms with Gasteiger partial charge in [0.15, 0.2) is 0 Å². The van der Waals surface area contributed by atoms with Crippen LogP contribution in [0.15, 0.2) is 57.2 Å². The van der Waals surface area contributed by atoms with Gasteiger partial charge in [-0.3, -0.25) is 0 Å². The number of nitrogens with zero attached hydrogens (tertiary/aromatic N) is 3. The average molecular weight is 375 g/mol. The molecule has 1 aliphatic heterocycles. The van der Waals surface area contributed by atoms with Crippen molar-refractivity contribution in [3.8, 4) is 10.8 Å². The van der Waals surface area contributed by atoms with E-state index >= 15 is 0 Å². The first-order chi connectivity index (χ1) is 12.1. The Balaban J connectivity index is 1.55. The van der Waals surface area contributed by atoms with Crippen LogP contribution in [-0.4, -0.2) is 36.0 Å². The number of thiophene rings is 1. The molecule has 130 valence electrons. The Kier molecular flexibility index (Phi) is 4.41. The van der Waals surface area contributed by atoms with Gasteiger partial charge in [-0.1, -0.05) is 24.3 Å². The summed E-state index contributed by atoms with van der Waals surface area (Å²) in [5.41, 5.74) is 0. The molecule has 0 N–H and O–H groups in total. The van der Waals surface area contributed by atoms with Crippen molar-refractivity contribution < 1.29 is 12.8 Å². The highest BCUT2D eigenvalue weighted by molar-refractivity contribution is 7.89. The summed E-state index contributed by atoms with van der Waals surface area (Å²) < 4.78 is 33.0. The molecule has 1 aromatic carbocycles. The van der Waals surface area contributed by atoms with Crippen LogP contribution in [0, 0.1) is 0 Å². The van der Waals surface area contributed by atoms with E-state index in [0.29, 0.717) is 29.8 Å². The lowest BCUT2D eigenvalue weighted by Gasteiger charge is -2.30. The minimum absolute atomic E-state index is 0.0755. The molecule has 3 aromatic rings. The van der Waals surface area contributed by atoms with Gasteiger partial charge in [-0.25, -0.2) is 8.42 Å². The molecule has 4 rings (SSSR count). The Hall–Kier alpha value is -2.03. The van der Waals surface area contributed by atoms with Crippen molar-refractivity contribution >= 4 is 21.4 Å². The van der Waals surface area contributed by atoms with Gasteiger partial charge in [0, 0.05) is 13.1 Å². The number of benzene rings is 1. The van der Waals surface area contributed by atoms with Crippen LogP contribution in [0.3, 0.4) is 0 Å². The zero-order valence-corrected chi connectivity index (χ0v) is 15.0. The molecule has 0 bridgehead atoms. The average Bonchev–Trinajstić information content (AvgIpc) is 3.34. The third kappa shape index (κ3) is 3.24. The number of hydrogen-bond donors (Lipinski definition) is 0. The van der Waals surface area contributed by atoms with E-state index in [0.717, 1.165) is 17.7 Å².